The van der Waals surface area contributed by atoms with E-state index in [1.165, 1.54) is 19.1 Å². The molecule has 0 fully saturated rings. The second kappa shape index (κ2) is 7.88. The largest absolute Gasteiger partial charge is 0.489 e. The van der Waals surface area contributed by atoms with E-state index >= 15 is 0 Å². The topological polar surface area (TPSA) is 61.5 Å². The minimum absolute atomic E-state index is 0.125. The molecule has 0 aromatic heterocycles. The molecule has 2 N–H and O–H groups in total. The SMILES string of the molecule is CCOC(=O)C(F)(F)[C@H](N)c1ccc(OCc2ccccc2)cc1. The summed E-state index contributed by atoms with van der Waals surface area (Å²) in [7, 11) is 0. The van der Waals surface area contributed by atoms with Crippen LogP contribution < -0.4 is 10.5 Å². The van der Waals surface area contributed by atoms with Crippen molar-refractivity contribution in [2.75, 3.05) is 6.61 Å². The number of carbonyl (C=O) groups excluding carboxylic acids is 1. The van der Waals surface area contributed by atoms with Gasteiger partial charge in [0.1, 0.15) is 18.4 Å². The van der Waals surface area contributed by atoms with Crippen LogP contribution in [0.2, 0.25) is 0 Å². The van der Waals surface area contributed by atoms with E-state index in [1.807, 2.05) is 30.3 Å². The molecule has 0 spiro atoms. The lowest BCUT2D eigenvalue weighted by Crippen LogP contribution is -2.41. The number of esters is 1. The summed E-state index contributed by atoms with van der Waals surface area (Å²) in [5.41, 5.74) is 6.65. The fraction of sp³-hybridized carbons (Fsp3) is 0.278. The molecule has 0 saturated carbocycles. The zero-order valence-corrected chi connectivity index (χ0v) is 13.2. The first-order chi connectivity index (χ1) is 11.4. The first-order valence-corrected chi connectivity index (χ1v) is 7.52. The highest BCUT2D eigenvalue weighted by molar-refractivity contribution is 5.78. The fourth-order valence-electron chi connectivity index (χ4n) is 2.08. The van der Waals surface area contributed by atoms with Crippen molar-refractivity contribution < 1.29 is 23.0 Å². The first kappa shape index (κ1) is 17.9. The molecule has 1 atom stereocenters. The Hall–Kier alpha value is -2.47. The summed E-state index contributed by atoms with van der Waals surface area (Å²) in [6.45, 7) is 1.69. The molecule has 0 amide bonds. The lowest BCUT2D eigenvalue weighted by molar-refractivity contribution is -0.174. The van der Waals surface area contributed by atoms with E-state index in [0.717, 1.165) is 5.56 Å². The summed E-state index contributed by atoms with van der Waals surface area (Å²) in [5, 5.41) is 0. The van der Waals surface area contributed by atoms with E-state index in [9.17, 15) is 13.6 Å². The number of hydrogen-bond donors (Lipinski definition) is 1. The zero-order valence-electron chi connectivity index (χ0n) is 13.2. The molecule has 0 saturated heterocycles. The number of hydrogen-bond acceptors (Lipinski definition) is 4. The highest BCUT2D eigenvalue weighted by atomic mass is 19.3. The van der Waals surface area contributed by atoms with E-state index in [0.29, 0.717) is 12.4 Å². The molecule has 128 valence electrons. The fourth-order valence-corrected chi connectivity index (χ4v) is 2.08. The Morgan fingerprint density at radius 1 is 1.12 bits per heavy atom. The van der Waals surface area contributed by atoms with Gasteiger partial charge in [-0.05, 0) is 30.2 Å². The number of benzene rings is 2. The van der Waals surface area contributed by atoms with Crippen molar-refractivity contribution >= 4 is 5.97 Å². The molecule has 24 heavy (non-hydrogen) atoms. The highest BCUT2D eigenvalue weighted by Gasteiger charge is 2.47. The first-order valence-electron chi connectivity index (χ1n) is 7.52. The quantitative estimate of drug-likeness (QED) is 0.787. The third kappa shape index (κ3) is 4.29. The van der Waals surface area contributed by atoms with Crippen LogP contribution in [0.15, 0.2) is 54.6 Å². The molecule has 2 aromatic rings. The maximum Gasteiger partial charge on any atom is 0.379 e. The van der Waals surface area contributed by atoms with E-state index in [1.54, 1.807) is 12.1 Å². The molecular weight excluding hydrogens is 316 g/mol. The zero-order chi connectivity index (χ0) is 17.6. The van der Waals surface area contributed by atoms with Gasteiger partial charge >= 0.3 is 11.9 Å². The Morgan fingerprint density at radius 2 is 1.75 bits per heavy atom. The van der Waals surface area contributed by atoms with E-state index in [4.69, 9.17) is 10.5 Å². The molecule has 2 aromatic carbocycles. The van der Waals surface area contributed by atoms with Crippen molar-refractivity contribution in [1.82, 2.24) is 0 Å². The standard InChI is InChI=1S/C18H19F2NO3/c1-2-23-17(22)18(19,20)16(21)14-8-10-15(11-9-14)24-12-13-6-4-3-5-7-13/h3-11,16H,2,12,21H2,1H3/t16-/m1/s1. The van der Waals surface area contributed by atoms with Gasteiger partial charge in [0.15, 0.2) is 0 Å². The van der Waals surface area contributed by atoms with Crippen LogP contribution in [-0.2, 0) is 16.1 Å². The van der Waals surface area contributed by atoms with Crippen LogP contribution in [0.4, 0.5) is 8.78 Å². The maximum absolute atomic E-state index is 13.9. The third-order valence-corrected chi connectivity index (χ3v) is 3.43. The van der Waals surface area contributed by atoms with Crippen molar-refractivity contribution in [3.63, 3.8) is 0 Å². The van der Waals surface area contributed by atoms with Crippen LogP contribution in [0, 0.1) is 0 Å². The van der Waals surface area contributed by atoms with Crippen molar-refractivity contribution in [3.05, 3.63) is 65.7 Å². The average molecular weight is 335 g/mol. The van der Waals surface area contributed by atoms with Gasteiger partial charge in [-0.25, -0.2) is 4.79 Å². The molecule has 0 bridgehead atoms. The van der Waals surface area contributed by atoms with Crippen LogP contribution in [0.3, 0.4) is 0 Å². The van der Waals surface area contributed by atoms with Gasteiger partial charge in [0.05, 0.1) is 6.61 Å². The van der Waals surface area contributed by atoms with Crippen LogP contribution >= 0.6 is 0 Å². The van der Waals surface area contributed by atoms with Crippen molar-refractivity contribution in [3.8, 4) is 5.75 Å². The second-order valence-corrected chi connectivity index (χ2v) is 5.16. The predicted octanol–water partition coefficient (Wildman–Crippen LogP) is 3.46. The van der Waals surface area contributed by atoms with Gasteiger partial charge in [-0.15, -0.1) is 0 Å². The second-order valence-electron chi connectivity index (χ2n) is 5.16. The van der Waals surface area contributed by atoms with Crippen LogP contribution in [-0.4, -0.2) is 18.5 Å². The number of carbonyl (C=O) groups is 1. The van der Waals surface area contributed by atoms with Crippen LogP contribution in [0.5, 0.6) is 5.75 Å². The lowest BCUT2D eigenvalue weighted by Gasteiger charge is -2.22. The Labute approximate surface area is 139 Å². The molecule has 0 heterocycles. The molecule has 0 aliphatic carbocycles. The van der Waals surface area contributed by atoms with E-state index in [-0.39, 0.29) is 12.2 Å². The summed E-state index contributed by atoms with van der Waals surface area (Å²) >= 11 is 0. The Kier molecular flexibility index (Phi) is 5.87. The van der Waals surface area contributed by atoms with Crippen LogP contribution in [0.1, 0.15) is 24.1 Å². The number of nitrogens with two attached hydrogens (primary N) is 1. The van der Waals surface area contributed by atoms with Gasteiger partial charge in [-0.3, -0.25) is 0 Å². The van der Waals surface area contributed by atoms with Crippen LogP contribution in [0.25, 0.3) is 0 Å². The minimum atomic E-state index is -3.79. The third-order valence-electron chi connectivity index (χ3n) is 3.43. The summed E-state index contributed by atoms with van der Waals surface area (Å²) in [5.74, 6) is -4.89. The van der Waals surface area contributed by atoms with Gasteiger partial charge in [-0.1, -0.05) is 42.5 Å². The predicted molar refractivity (Wildman–Crippen MR) is 85.7 cm³/mol. The maximum atomic E-state index is 13.9. The van der Waals surface area contributed by atoms with Gasteiger partial charge in [0, 0.05) is 0 Å². The molecule has 0 radical (unpaired) electrons. The summed E-state index contributed by atoms with van der Waals surface area (Å²) in [6, 6.07) is 13.7. The Bertz CT molecular complexity index is 660. The molecule has 0 unspecified atom stereocenters. The van der Waals surface area contributed by atoms with Gasteiger partial charge in [0.2, 0.25) is 0 Å². The Balaban J connectivity index is 2.01. The molecule has 0 aliphatic rings. The molecule has 2 rings (SSSR count). The van der Waals surface area contributed by atoms with Gasteiger partial charge in [-0.2, -0.15) is 8.78 Å². The summed E-state index contributed by atoms with van der Waals surface area (Å²) < 4.78 is 37.8. The Morgan fingerprint density at radius 3 is 2.33 bits per heavy atom. The molecular formula is C18H19F2NO3. The number of rotatable bonds is 7. The highest BCUT2D eigenvalue weighted by Crippen LogP contribution is 2.31. The van der Waals surface area contributed by atoms with Gasteiger partial charge < -0.3 is 15.2 Å². The van der Waals surface area contributed by atoms with E-state index in [2.05, 4.69) is 4.74 Å². The lowest BCUT2D eigenvalue weighted by atomic mass is 10.0. The summed E-state index contributed by atoms with van der Waals surface area (Å²) in [4.78, 5) is 11.3. The van der Waals surface area contributed by atoms with Crippen molar-refractivity contribution in [2.45, 2.75) is 25.5 Å². The molecule has 0 aliphatic heterocycles. The minimum Gasteiger partial charge on any atom is -0.489 e. The number of alkyl halides is 2. The smallest absolute Gasteiger partial charge is 0.379 e. The number of ether oxygens (including phenoxy) is 2. The molecule has 6 heteroatoms. The monoisotopic (exact) mass is 335 g/mol. The van der Waals surface area contributed by atoms with Crippen molar-refractivity contribution in [1.29, 1.82) is 0 Å². The van der Waals surface area contributed by atoms with E-state index < -0.39 is 17.9 Å². The van der Waals surface area contributed by atoms with Crippen molar-refractivity contribution in [2.24, 2.45) is 5.73 Å². The van der Waals surface area contributed by atoms with Gasteiger partial charge in [0.25, 0.3) is 0 Å². The average Bonchev–Trinajstić information content (AvgIpc) is 2.61. The normalized spacial score (nSPS) is 12.5. The number of halogens is 2. The summed E-state index contributed by atoms with van der Waals surface area (Å²) in [6.07, 6.45) is 0. The molecule has 4 nitrogen and oxygen atoms in total.